The minimum Gasteiger partial charge on any atom is -0.384 e. The molecule has 3 aromatic rings. The van der Waals surface area contributed by atoms with Crippen molar-refractivity contribution in [2.75, 3.05) is 6.61 Å². The number of nitrogen functional groups attached to an aromatic ring is 1. The molecule has 0 radical (unpaired) electrons. The molecule has 0 aliphatic rings. The molecule has 1 atom stereocenters. The van der Waals surface area contributed by atoms with Crippen molar-refractivity contribution in [3.05, 3.63) is 89.2 Å². The maximum absolute atomic E-state index is 15.3. The first-order valence-electron chi connectivity index (χ1n) is 9.63. The maximum atomic E-state index is 15.3. The number of pyridine rings is 1. The van der Waals surface area contributed by atoms with Gasteiger partial charge in [0.2, 0.25) is 0 Å². The topological polar surface area (TPSA) is 101 Å². The van der Waals surface area contributed by atoms with E-state index in [4.69, 9.17) is 15.9 Å². The second kappa shape index (κ2) is 12.8. The summed E-state index contributed by atoms with van der Waals surface area (Å²) in [5.74, 6) is -2.47. The first kappa shape index (κ1) is 28.0. The molecule has 0 saturated heterocycles. The van der Waals surface area contributed by atoms with Crippen LogP contribution in [0.5, 0.6) is 0 Å². The zero-order valence-electron chi connectivity index (χ0n) is 17.7. The van der Waals surface area contributed by atoms with Crippen LogP contribution in [-0.4, -0.2) is 23.3 Å². The number of amidine groups is 1. The van der Waals surface area contributed by atoms with Gasteiger partial charge in [0.25, 0.3) is 5.91 Å². The van der Waals surface area contributed by atoms with E-state index in [1.807, 2.05) is 0 Å². The molecule has 0 spiro atoms. The van der Waals surface area contributed by atoms with E-state index in [1.165, 1.54) is 12.3 Å². The third-order valence-corrected chi connectivity index (χ3v) is 4.66. The summed E-state index contributed by atoms with van der Waals surface area (Å²) >= 11 is 0. The third-order valence-electron chi connectivity index (χ3n) is 4.66. The molecule has 0 saturated carbocycles. The van der Waals surface area contributed by atoms with E-state index in [2.05, 4.69) is 10.3 Å². The number of carbonyl (C=O) groups is 1. The van der Waals surface area contributed by atoms with Crippen molar-refractivity contribution in [2.24, 2.45) is 5.73 Å². The molecule has 0 fully saturated rings. The Balaban J connectivity index is 0.00000272. The predicted octanol–water partition coefficient (Wildman–Crippen LogP) is 4.55. The highest BCUT2D eigenvalue weighted by Crippen LogP contribution is 2.31. The Hall–Kier alpha value is -3.07. The van der Waals surface area contributed by atoms with Crippen molar-refractivity contribution in [3.63, 3.8) is 0 Å². The Bertz CT molecular complexity index is 1080. The lowest BCUT2D eigenvalue weighted by molar-refractivity contribution is -0.133. The number of halogens is 4. The SMILES string of the molecule is CCOC(C(=O)NCc1ccc(C(=N)N)cc1)c1c(F)ccc(-c2cccnc2)c1F.Cl.Cl. The largest absolute Gasteiger partial charge is 0.384 e. The molecule has 0 bridgehead atoms. The van der Waals surface area contributed by atoms with Crippen LogP contribution < -0.4 is 11.1 Å². The minimum atomic E-state index is -1.46. The van der Waals surface area contributed by atoms with Crippen molar-refractivity contribution in [1.29, 1.82) is 5.41 Å². The summed E-state index contributed by atoms with van der Waals surface area (Å²) in [6.45, 7) is 1.84. The molecule has 0 aliphatic carbocycles. The lowest BCUT2D eigenvalue weighted by Gasteiger charge is -2.20. The Morgan fingerprint density at radius 1 is 1.15 bits per heavy atom. The van der Waals surface area contributed by atoms with Crippen molar-refractivity contribution in [2.45, 2.75) is 19.6 Å². The monoisotopic (exact) mass is 496 g/mol. The molecule has 3 rings (SSSR count). The highest BCUT2D eigenvalue weighted by atomic mass is 35.5. The number of hydrogen-bond donors (Lipinski definition) is 3. The van der Waals surface area contributed by atoms with Gasteiger partial charge < -0.3 is 15.8 Å². The van der Waals surface area contributed by atoms with E-state index in [0.717, 1.165) is 11.6 Å². The maximum Gasteiger partial charge on any atom is 0.254 e. The summed E-state index contributed by atoms with van der Waals surface area (Å²) in [4.78, 5) is 16.8. The molecule has 1 amide bonds. The standard InChI is InChI=1S/C23H22F2N4O2.2ClH/c1-2-31-21(23(30)29-12-14-5-7-15(8-6-14)22(26)27)19-18(24)10-9-17(20(19)25)16-4-3-11-28-13-16;;/h3-11,13,21H,2,12H2,1H3,(H3,26,27)(H,29,30);2*1H. The van der Waals surface area contributed by atoms with E-state index in [-0.39, 0.29) is 49.4 Å². The van der Waals surface area contributed by atoms with Crippen molar-refractivity contribution in [1.82, 2.24) is 10.3 Å². The molecule has 1 aromatic heterocycles. The average molecular weight is 497 g/mol. The molecule has 6 nitrogen and oxygen atoms in total. The zero-order chi connectivity index (χ0) is 22.4. The van der Waals surface area contributed by atoms with Gasteiger partial charge in [0.15, 0.2) is 6.10 Å². The smallest absolute Gasteiger partial charge is 0.254 e. The van der Waals surface area contributed by atoms with Gasteiger partial charge in [-0.1, -0.05) is 30.3 Å². The zero-order valence-corrected chi connectivity index (χ0v) is 19.3. The van der Waals surface area contributed by atoms with Crippen LogP contribution in [0.1, 0.15) is 29.7 Å². The number of nitrogens with one attached hydrogen (secondary N) is 2. The number of hydrogen-bond acceptors (Lipinski definition) is 4. The highest BCUT2D eigenvalue weighted by Gasteiger charge is 2.29. The summed E-state index contributed by atoms with van der Waals surface area (Å²) in [6, 6.07) is 12.4. The van der Waals surface area contributed by atoms with E-state index >= 15 is 4.39 Å². The number of benzene rings is 2. The van der Waals surface area contributed by atoms with Crippen LogP contribution in [0.4, 0.5) is 8.78 Å². The van der Waals surface area contributed by atoms with E-state index in [9.17, 15) is 9.18 Å². The quantitative estimate of drug-likeness (QED) is 0.314. The lowest BCUT2D eigenvalue weighted by atomic mass is 9.99. The summed E-state index contributed by atoms with van der Waals surface area (Å²) in [7, 11) is 0. The normalized spacial score (nSPS) is 11.0. The van der Waals surface area contributed by atoms with Crippen LogP contribution in [0.15, 0.2) is 60.9 Å². The number of aromatic nitrogens is 1. The number of amides is 1. The highest BCUT2D eigenvalue weighted by molar-refractivity contribution is 5.94. The Labute approximate surface area is 202 Å². The molecule has 2 aromatic carbocycles. The fourth-order valence-electron chi connectivity index (χ4n) is 3.10. The van der Waals surface area contributed by atoms with Gasteiger partial charge in [-0.25, -0.2) is 8.78 Å². The van der Waals surface area contributed by atoms with Gasteiger partial charge >= 0.3 is 0 Å². The molecule has 176 valence electrons. The molecular formula is C23H24Cl2F2N4O2. The molecule has 0 aliphatic heterocycles. The minimum absolute atomic E-state index is 0. The van der Waals surface area contributed by atoms with Gasteiger partial charge in [-0.3, -0.25) is 15.2 Å². The van der Waals surface area contributed by atoms with Crippen molar-refractivity contribution in [3.8, 4) is 11.1 Å². The summed E-state index contributed by atoms with van der Waals surface area (Å²) in [6.07, 6.45) is 1.55. The Kier molecular flexibility index (Phi) is 10.9. The fourth-order valence-corrected chi connectivity index (χ4v) is 3.10. The number of nitrogens with zero attached hydrogens (tertiary/aromatic N) is 1. The van der Waals surface area contributed by atoms with Gasteiger partial charge in [-0.15, -0.1) is 24.8 Å². The first-order chi connectivity index (χ1) is 14.9. The number of ether oxygens (including phenoxy) is 1. The molecule has 10 heteroatoms. The predicted molar refractivity (Wildman–Crippen MR) is 128 cm³/mol. The first-order valence-corrected chi connectivity index (χ1v) is 9.63. The van der Waals surface area contributed by atoms with Crippen LogP contribution in [0.3, 0.4) is 0 Å². The van der Waals surface area contributed by atoms with Crippen LogP contribution >= 0.6 is 24.8 Å². The Morgan fingerprint density at radius 3 is 2.42 bits per heavy atom. The molecular weight excluding hydrogens is 473 g/mol. The van der Waals surface area contributed by atoms with Crippen LogP contribution in [0, 0.1) is 17.0 Å². The molecule has 33 heavy (non-hydrogen) atoms. The summed E-state index contributed by atoms with van der Waals surface area (Å²) < 4.78 is 35.3. The second-order valence-electron chi connectivity index (χ2n) is 6.73. The van der Waals surface area contributed by atoms with Gasteiger partial charge in [-0.05, 0) is 30.7 Å². The molecule has 4 N–H and O–H groups in total. The van der Waals surface area contributed by atoms with Gasteiger partial charge in [-0.2, -0.15) is 0 Å². The van der Waals surface area contributed by atoms with Crippen LogP contribution in [0.25, 0.3) is 11.1 Å². The van der Waals surface area contributed by atoms with Crippen molar-refractivity contribution < 1.29 is 18.3 Å². The van der Waals surface area contributed by atoms with Crippen LogP contribution in [-0.2, 0) is 16.1 Å². The number of rotatable bonds is 8. The number of nitrogens with two attached hydrogens (primary N) is 1. The summed E-state index contributed by atoms with van der Waals surface area (Å²) in [5.41, 5.74) is 6.85. The Morgan fingerprint density at radius 2 is 1.85 bits per heavy atom. The lowest BCUT2D eigenvalue weighted by Crippen LogP contribution is -2.31. The van der Waals surface area contributed by atoms with E-state index in [0.29, 0.717) is 11.1 Å². The van der Waals surface area contributed by atoms with Gasteiger partial charge in [0.05, 0.1) is 5.56 Å². The van der Waals surface area contributed by atoms with Crippen molar-refractivity contribution >= 4 is 36.6 Å². The molecule has 1 heterocycles. The fraction of sp³-hybridized carbons (Fsp3) is 0.174. The van der Waals surface area contributed by atoms with E-state index < -0.39 is 29.2 Å². The summed E-state index contributed by atoms with van der Waals surface area (Å²) in [5, 5.41) is 10.1. The molecule has 1 unspecified atom stereocenters. The van der Waals surface area contributed by atoms with Crippen LogP contribution in [0.2, 0.25) is 0 Å². The number of carbonyl (C=O) groups excluding carboxylic acids is 1. The average Bonchev–Trinajstić information content (AvgIpc) is 2.77. The third kappa shape index (κ3) is 6.71. The second-order valence-corrected chi connectivity index (χ2v) is 6.73. The van der Waals surface area contributed by atoms with Gasteiger partial charge in [0, 0.05) is 42.2 Å². The van der Waals surface area contributed by atoms with Gasteiger partial charge in [0.1, 0.15) is 17.5 Å². The van der Waals surface area contributed by atoms with E-state index in [1.54, 1.807) is 49.5 Å².